The van der Waals surface area contributed by atoms with Gasteiger partial charge in [0.15, 0.2) is 0 Å². The molecule has 4 nitrogen and oxygen atoms in total. The number of pyridine rings is 1. The molecule has 0 unspecified atom stereocenters. The highest BCUT2D eigenvalue weighted by atomic mass is 16.1. The van der Waals surface area contributed by atoms with Gasteiger partial charge >= 0.3 is 0 Å². The molecule has 0 aliphatic heterocycles. The Morgan fingerprint density at radius 2 is 1.77 bits per heavy atom. The number of fused-ring (bicyclic) bond motifs is 1. The van der Waals surface area contributed by atoms with Crippen molar-refractivity contribution >= 4 is 16.8 Å². The highest BCUT2D eigenvalue weighted by molar-refractivity contribution is 5.83. The van der Waals surface area contributed by atoms with Crippen molar-refractivity contribution in [3.8, 4) is 0 Å². The number of aromatic nitrogens is 1. The number of nitrogens with one attached hydrogen (secondary N) is 2. The predicted molar refractivity (Wildman–Crippen MR) is 105 cm³/mol. The largest absolute Gasteiger partial charge is 0.352 e. The number of carbonyl (C=O) groups is 1. The Morgan fingerprint density at radius 3 is 2.54 bits per heavy atom. The van der Waals surface area contributed by atoms with Gasteiger partial charge in [0.1, 0.15) is 0 Å². The number of aryl methyl sites for hydroxylation is 4. The molecule has 1 amide bonds. The van der Waals surface area contributed by atoms with E-state index in [2.05, 4.69) is 16.4 Å². The van der Waals surface area contributed by atoms with Gasteiger partial charge in [-0.3, -0.25) is 9.59 Å². The molecular weight excluding hydrogens is 324 g/mol. The maximum absolute atomic E-state index is 12.3. The average Bonchev–Trinajstić information content (AvgIpc) is 2.59. The van der Waals surface area contributed by atoms with Crippen LogP contribution < -0.4 is 10.9 Å². The number of hydrogen-bond acceptors (Lipinski definition) is 2. The highest BCUT2D eigenvalue weighted by Crippen LogP contribution is 2.18. The summed E-state index contributed by atoms with van der Waals surface area (Å²) in [4.78, 5) is 27.4. The van der Waals surface area contributed by atoms with Crippen molar-refractivity contribution < 1.29 is 4.79 Å². The third kappa shape index (κ3) is 4.02. The van der Waals surface area contributed by atoms with Crippen molar-refractivity contribution in [1.29, 1.82) is 0 Å². The van der Waals surface area contributed by atoms with Crippen LogP contribution in [0.3, 0.4) is 0 Å². The van der Waals surface area contributed by atoms with E-state index in [1.807, 2.05) is 57.2 Å². The molecule has 4 heteroatoms. The zero-order chi connectivity index (χ0) is 18.7. The smallest absolute Gasteiger partial charge is 0.251 e. The summed E-state index contributed by atoms with van der Waals surface area (Å²) in [5.74, 6) is -0.0478. The van der Waals surface area contributed by atoms with E-state index in [0.29, 0.717) is 24.9 Å². The standard InChI is InChI=1S/C22H24N2O2/c1-14-10-16(3)19-12-17(22(26)24-20(19)11-14)8-9-21(25)23-13-18-7-5-4-6-15(18)2/h4-7,10-12H,8-9,13H2,1-3H3,(H,23,25)(H,24,26). The van der Waals surface area contributed by atoms with E-state index in [1.54, 1.807) is 0 Å². The minimum Gasteiger partial charge on any atom is -0.352 e. The van der Waals surface area contributed by atoms with Crippen LogP contribution in [0.15, 0.2) is 47.3 Å². The van der Waals surface area contributed by atoms with E-state index >= 15 is 0 Å². The molecule has 0 aliphatic carbocycles. The van der Waals surface area contributed by atoms with Gasteiger partial charge in [-0.15, -0.1) is 0 Å². The Kier molecular flexibility index (Phi) is 5.21. The minimum atomic E-state index is -0.116. The van der Waals surface area contributed by atoms with E-state index in [-0.39, 0.29) is 11.5 Å². The molecule has 26 heavy (non-hydrogen) atoms. The van der Waals surface area contributed by atoms with Gasteiger partial charge in [0, 0.05) is 29.4 Å². The summed E-state index contributed by atoms with van der Waals surface area (Å²) in [6.45, 7) is 6.59. The second-order valence-electron chi connectivity index (χ2n) is 6.87. The molecule has 2 N–H and O–H groups in total. The SMILES string of the molecule is Cc1cc(C)c2cc(CCC(=O)NCc3ccccc3C)c(=O)[nH]c2c1. The van der Waals surface area contributed by atoms with Gasteiger partial charge in [0.25, 0.3) is 5.56 Å². The number of hydrogen-bond donors (Lipinski definition) is 2. The summed E-state index contributed by atoms with van der Waals surface area (Å²) >= 11 is 0. The average molecular weight is 348 g/mol. The van der Waals surface area contributed by atoms with E-state index in [9.17, 15) is 9.59 Å². The van der Waals surface area contributed by atoms with Gasteiger partial charge in [-0.1, -0.05) is 30.3 Å². The molecule has 0 fully saturated rings. The van der Waals surface area contributed by atoms with Gasteiger partial charge < -0.3 is 10.3 Å². The second-order valence-corrected chi connectivity index (χ2v) is 6.87. The lowest BCUT2D eigenvalue weighted by atomic mass is 10.0. The molecule has 0 aliphatic rings. The molecule has 0 saturated carbocycles. The molecule has 0 bridgehead atoms. The fraction of sp³-hybridized carbons (Fsp3) is 0.273. The fourth-order valence-electron chi connectivity index (χ4n) is 3.24. The number of carbonyl (C=O) groups excluding carboxylic acids is 1. The van der Waals surface area contributed by atoms with Gasteiger partial charge in [-0.05, 0) is 61.6 Å². The molecular formula is C22H24N2O2. The van der Waals surface area contributed by atoms with Gasteiger partial charge in [0.2, 0.25) is 5.91 Å². The van der Waals surface area contributed by atoms with Crippen LogP contribution in [-0.4, -0.2) is 10.9 Å². The summed E-state index contributed by atoms with van der Waals surface area (Å²) in [6, 6.07) is 14.0. The van der Waals surface area contributed by atoms with Crippen molar-refractivity contribution in [3.05, 3.63) is 80.6 Å². The number of rotatable bonds is 5. The lowest BCUT2D eigenvalue weighted by Gasteiger charge is -2.09. The molecule has 1 heterocycles. The molecule has 0 radical (unpaired) electrons. The summed E-state index contributed by atoms with van der Waals surface area (Å²) < 4.78 is 0. The van der Waals surface area contributed by atoms with Crippen molar-refractivity contribution in [3.63, 3.8) is 0 Å². The Hall–Kier alpha value is -2.88. The Labute approximate surface area is 153 Å². The van der Waals surface area contributed by atoms with E-state index in [4.69, 9.17) is 0 Å². The summed E-state index contributed by atoms with van der Waals surface area (Å²) in [5, 5.41) is 3.97. The maximum atomic E-state index is 12.3. The van der Waals surface area contributed by atoms with Crippen molar-refractivity contribution in [2.75, 3.05) is 0 Å². The molecule has 0 saturated heterocycles. The van der Waals surface area contributed by atoms with Crippen LogP contribution in [0.1, 0.15) is 34.2 Å². The van der Waals surface area contributed by atoms with E-state index < -0.39 is 0 Å². The molecule has 3 aromatic rings. The first-order valence-corrected chi connectivity index (χ1v) is 8.88. The van der Waals surface area contributed by atoms with Crippen LogP contribution in [0.2, 0.25) is 0 Å². The molecule has 0 atom stereocenters. The monoisotopic (exact) mass is 348 g/mol. The Bertz CT molecular complexity index is 1020. The molecule has 0 spiro atoms. The number of aromatic amines is 1. The normalized spacial score (nSPS) is 10.9. The lowest BCUT2D eigenvalue weighted by Crippen LogP contribution is -2.24. The van der Waals surface area contributed by atoms with Crippen LogP contribution >= 0.6 is 0 Å². The molecule has 3 rings (SSSR count). The highest BCUT2D eigenvalue weighted by Gasteiger charge is 2.09. The van der Waals surface area contributed by atoms with Crippen molar-refractivity contribution in [2.24, 2.45) is 0 Å². The van der Waals surface area contributed by atoms with E-state index in [0.717, 1.165) is 33.2 Å². The summed E-state index contributed by atoms with van der Waals surface area (Å²) in [7, 11) is 0. The molecule has 134 valence electrons. The van der Waals surface area contributed by atoms with Gasteiger partial charge in [-0.2, -0.15) is 0 Å². The zero-order valence-corrected chi connectivity index (χ0v) is 15.5. The Morgan fingerprint density at radius 1 is 1.00 bits per heavy atom. The van der Waals surface area contributed by atoms with Crippen LogP contribution in [0.25, 0.3) is 10.9 Å². The topological polar surface area (TPSA) is 62.0 Å². The first kappa shape index (κ1) is 17.9. The number of H-pyrrole nitrogens is 1. The third-order valence-electron chi connectivity index (χ3n) is 4.75. The van der Waals surface area contributed by atoms with E-state index in [1.165, 1.54) is 0 Å². The fourth-order valence-corrected chi connectivity index (χ4v) is 3.24. The number of amides is 1. The maximum Gasteiger partial charge on any atom is 0.251 e. The van der Waals surface area contributed by atoms with Crippen molar-refractivity contribution in [2.45, 2.75) is 40.2 Å². The zero-order valence-electron chi connectivity index (χ0n) is 15.5. The van der Waals surface area contributed by atoms with Crippen LogP contribution in [0, 0.1) is 20.8 Å². The van der Waals surface area contributed by atoms with Gasteiger partial charge in [0.05, 0.1) is 0 Å². The third-order valence-corrected chi connectivity index (χ3v) is 4.75. The minimum absolute atomic E-state index is 0.0478. The van der Waals surface area contributed by atoms with Crippen LogP contribution in [-0.2, 0) is 17.8 Å². The molecule has 1 aromatic heterocycles. The van der Waals surface area contributed by atoms with Crippen molar-refractivity contribution in [1.82, 2.24) is 10.3 Å². The first-order valence-electron chi connectivity index (χ1n) is 8.88. The predicted octanol–water partition coefficient (Wildman–Crippen LogP) is 3.70. The van der Waals surface area contributed by atoms with Crippen LogP contribution in [0.4, 0.5) is 0 Å². The quantitative estimate of drug-likeness (QED) is 0.738. The molecule has 2 aromatic carbocycles. The first-order chi connectivity index (χ1) is 12.4. The Balaban J connectivity index is 1.67. The van der Waals surface area contributed by atoms with Gasteiger partial charge in [-0.25, -0.2) is 0 Å². The summed E-state index contributed by atoms with van der Waals surface area (Å²) in [6.07, 6.45) is 0.726. The lowest BCUT2D eigenvalue weighted by molar-refractivity contribution is -0.121. The second kappa shape index (κ2) is 7.56. The summed E-state index contributed by atoms with van der Waals surface area (Å²) in [5.41, 5.74) is 5.89. The number of benzene rings is 2. The van der Waals surface area contributed by atoms with Crippen LogP contribution in [0.5, 0.6) is 0 Å².